The van der Waals surface area contributed by atoms with Gasteiger partial charge in [0.25, 0.3) is 0 Å². The average molecular weight is 520 g/mol. The largest absolute Gasteiger partial charge is 0.507 e. The lowest BCUT2D eigenvalue weighted by molar-refractivity contribution is 0.479. The summed E-state index contributed by atoms with van der Waals surface area (Å²) >= 11 is 0. The minimum absolute atomic E-state index is 0.240. The molecule has 1 aliphatic rings. The molecule has 6 aromatic rings. The van der Waals surface area contributed by atoms with E-state index >= 15 is 0 Å². The Balaban J connectivity index is 1.35. The second-order valence-electron chi connectivity index (χ2n) is 10.5. The normalized spacial score (nSPS) is 14.3. The Morgan fingerprint density at radius 2 is 1.40 bits per heavy atom. The van der Waals surface area contributed by atoms with Gasteiger partial charge in [0.2, 0.25) is 0 Å². The first kappa shape index (κ1) is 24.1. The van der Waals surface area contributed by atoms with Crippen LogP contribution in [0.2, 0.25) is 0 Å². The van der Waals surface area contributed by atoms with E-state index < -0.39 is 0 Å². The molecule has 0 amide bonds. The Bertz CT molecular complexity index is 1870. The van der Waals surface area contributed by atoms with E-state index in [2.05, 4.69) is 66.9 Å². The van der Waals surface area contributed by atoms with Crippen LogP contribution in [0.4, 0.5) is 11.4 Å². The first-order valence-electron chi connectivity index (χ1n) is 13.7. The van der Waals surface area contributed by atoms with Crippen LogP contribution in [0.25, 0.3) is 50.4 Å². The highest BCUT2D eigenvalue weighted by atomic mass is 16.3. The van der Waals surface area contributed by atoms with Crippen molar-refractivity contribution in [2.45, 2.75) is 13.3 Å². The SMILES string of the molecule is CC1C=Cc2oc3c(Nc4ccc(-c5cccc(-c6ccccc6)c5)c(O)c4-c4ccccc4)cccc3c2C1. The summed E-state index contributed by atoms with van der Waals surface area (Å²) in [6.07, 6.45) is 5.26. The number of nitrogens with one attached hydrogen (secondary N) is 1. The number of fused-ring (bicyclic) bond motifs is 3. The van der Waals surface area contributed by atoms with Gasteiger partial charge in [0.05, 0.1) is 11.4 Å². The smallest absolute Gasteiger partial charge is 0.158 e. The number of hydrogen-bond donors (Lipinski definition) is 2. The van der Waals surface area contributed by atoms with E-state index in [0.29, 0.717) is 5.92 Å². The molecule has 7 rings (SSSR count). The van der Waals surface area contributed by atoms with Crippen LogP contribution in [0.3, 0.4) is 0 Å². The monoisotopic (exact) mass is 519 g/mol. The maximum absolute atomic E-state index is 11.8. The lowest BCUT2D eigenvalue weighted by atomic mass is 9.93. The van der Waals surface area contributed by atoms with Crippen molar-refractivity contribution in [1.29, 1.82) is 0 Å². The number of para-hydroxylation sites is 1. The van der Waals surface area contributed by atoms with E-state index in [0.717, 1.165) is 67.9 Å². The number of benzene rings is 5. The van der Waals surface area contributed by atoms with E-state index in [1.807, 2.05) is 72.8 Å². The Morgan fingerprint density at radius 3 is 2.20 bits per heavy atom. The Hall–Kier alpha value is -5.02. The molecule has 0 radical (unpaired) electrons. The van der Waals surface area contributed by atoms with Gasteiger partial charge in [0, 0.05) is 22.1 Å². The molecule has 40 heavy (non-hydrogen) atoms. The molecule has 0 saturated carbocycles. The minimum Gasteiger partial charge on any atom is -0.507 e. The quantitative estimate of drug-likeness (QED) is 0.238. The summed E-state index contributed by atoms with van der Waals surface area (Å²) in [5.74, 6) is 1.66. The fourth-order valence-electron chi connectivity index (χ4n) is 5.74. The molecule has 1 aromatic heterocycles. The molecular formula is C37H29NO2. The van der Waals surface area contributed by atoms with E-state index in [1.54, 1.807) is 0 Å². The summed E-state index contributed by atoms with van der Waals surface area (Å²) < 4.78 is 6.35. The molecule has 0 saturated heterocycles. The second kappa shape index (κ2) is 9.94. The number of anilines is 2. The lowest BCUT2D eigenvalue weighted by Crippen LogP contribution is -2.00. The zero-order valence-electron chi connectivity index (χ0n) is 22.3. The maximum Gasteiger partial charge on any atom is 0.158 e. The summed E-state index contributed by atoms with van der Waals surface area (Å²) in [5.41, 5.74) is 9.48. The number of hydrogen-bond acceptors (Lipinski definition) is 3. The predicted octanol–water partition coefficient (Wildman–Crippen LogP) is 10.1. The van der Waals surface area contributed by atoms with Crippen molar-refractivity contribution < 1.29 is 9.52 Å². The van der Waals surface area contributed by atoms with Gasteiger partial charge in [-0.2, -0.15) is 0 Å². The third kappa shape index (κ3) is 4.26. The van der Waals surface area contributed by atoms with E-state index in [1.165, 1.54) is 5.56 Å². The standard InChI is InChI=1S/C37H29NO2/c1-24-18-21-34-31(22-24)30-16-9-17-33(37(30)40-34)38-32-20-19-29(36(39)35(32)26-12-6-3-7-13-26)28-15-8-14-27(23-28)25-10-4-2-5-11-25/h2-21,23-24,38-39H,22H2,1H3. The first-order valence-corrected chi connectivity index (χ1v) is 13.7. The summed E-state index contributed by atoms with van der Waals surface area (Å²) in [7, 11) is 0. The molecule has 0 fully saturated rings. The second-order valence-corrected chi connectivity index (χ2v) is 10.5. The van der Waals surface area contributed by atoms with Crippen LogP contribution in [-0.4, -0.2) is 5.11 Å². The molecule has 1 unspecified atom stereocenters. The zero-order chi connectivity index (χ0) is 27.1. The zero-order valence-corrected chi connectivity index (χ0v) is 22.3. The van der Waals surface area contributed by atoms with E-state index in [9.17, 15) is 5.11 Å². The van der Waals surface area contributed by atoms with E-state index in [-0.39, 0.29) is 5.75 Å². The average Bonchev–Trinajstić information content (AvgIpc) is 3.37. The molecule has 0 aliphatic heterocycles. The van der Waals surface area contributed by atoms with Crippen LogP contribution in [-0.2, 0) is 6.42 Å². The number of aromatic hydroxyl groups is 1. The van der Waals surface area contributed by atoms with Gasteiger partial charge in [-0.05, 0) is 64.9 Å². The highest BCUT2D eigenvalue weighted by Gasteiger charge is 2.21. The van der Waals surface area contributed by atoms with Crippen LogP contribution >= 0.6 is 0 Å². The molecule has 3 heteroatoms. The fourth-order valence-corrected chi connectivity index (χ4v) is 5.74. The van der Waals surface area contributed by atoms with Gasteiger partial charge in [-0.3, -0.25) is 0 Å². The van der Waals surface area contributed by atoms with Crippen LogP contribution in [0.5, 0.6) is 5.75 Å². The summed E-state index contributed by atoms with van der Waals surface area (Å²) in [6, 6.07) is 39.0. The van der Waals surface area contributed by atoms with Crippen molar-refractivity contribution in [2.75, 3.05) is 5.32 Å². The topological polar surface area (TPSA) is 45.4 Å². The number of phenols is 1. The van der Waals surface area contributed by atoms with Gasteiger partial charge in [0.1, 0.15) is 11.5 Å². The number of furan rings is 1. The number of phenolic OH excluding ortho intramolecular Hbond substituents is 1. The van der Waals surface area contributed by atoms with Crippen LogP contribution < -0.4 is 5.32 Å². The van der Waals surface area contributed by atoms with Gasteiger partial charge in [0.15, 0.2) is 5.58 Å². The molecule has 1 aliphatic carbocycles. The molecule has 5 aromatic carbocycles. The number of rotatable bonds is 5. The highest BCUT2D eigenvalue weighted by Crippen LogP contribution is 2.45. The highest BCUT2D eigenvalue weighted by molar-refractivity contribution is 5.98. The van der Waals surface area contributed by atoms with Crippen molar-refractivity contribution in [3.8, 4) is 39.1 Å². The Morgan fingerprint density at radius 1 is 0.700 bits per heavy atom. The summed E-state index contributed by atoms with van der Waals surface area (Å²) in [6.45, 7) is 2.23. The molecule has 2 N–H and O–H groups in total. The number of allylic oxidation sites excluding steroid dienone is 1. The molecule has 0 spiro atoms. The Labute approximate surface area is 234 Å². The molecular weight excluding hydrogens is 490 g/mol. The van der Waals surface area contributed by atoms with Crippen molar-refractivity contribution >= 4 is 28.4 Å². The summed E-state index contributed by atoms with van der Waals surface area (Å²) in [4.78, 5) is 0. The molecule has 0 bridgehead atoms. The first-order chi connectivity index (χ1) is 19.7. The minimum atomic E-state index is 0.240. The van der Waals surface area contributed by atoms with Crippen LogP contribution in [0, 0.1) is 5.92 Å². The molecule has 1 atom stereocenters. The lowest BCUT2D eigenvalue weighted by Gasteiger charge is -2.18. The maximum atomic E-state index is 11.8. The van der Waals surface area contributed by atoms with Gasteiger partial charge >= 0.3 is 0 Å². The van der Waals surface area contributed by atoms with Gasteiger partial charge in [-0.25, -0.2) is 0 Å². The molecule has 3 nitrogen and oxygen atoms in total. The van der Waals surface area contributed by atoms with Gasteiger partial charge < -0.3 is 14.8 Å². The molecule has 194 valence electrons. The third-order valence-corrected chi connectivity index (χ3v) is 7.74. The van der Waals surface area contributed by atoms with Crippen LogP contribution in [0.15, 0.2) is 126 Å². The Kier molecular flexibility index (Phi) is 5.98. The van der Waals surface area contributed by atoms with Crippen molar-refractivity contribution in [2.24, 2.45) is 5.92 Å². The van der Waals surface area contributed by atoms with Crippen LogP contribution in [0.1, 0.15) is 18.2 Å². The van der Waals surface area contributed by atoms with E-state index in [4.69, 9.17) is 4.42 Å². The summed E-state index contributed by atoms with van der Waals surface area (Å²) in [5, 5.41) is 16.6. The fraction of sp³-hybridized carbons (Fsp3) is 0.0811. The third-order valence-electron chi connectivity index (χ3n) is 7.74. The predicted molar refractivity (Wildman–Crippen MR) is 166 cm³/mol. The van der Waals surface area contributed by atoms with Crippen molar-refractivity contribution in [3.05, 3.63) is 133 Å². The van der Waals surface area contributed by atoms with Gasteiger partial charge in [-0.1, -0.05) is 104 Å². The molecule has 1 heterocycles. The van der Waals surface area contributed by atoms with Gasteiger partial charge in [-0.15, -0.1) is 0 Å². The van der Waals surface area contributed by atoms with Crippen molar-refractivity contribution in [3.63, 3.8) is 0 Å². The van der Waals surface area contributed by atoms with Crippen molar-refractivity contribution in [1.82, 2.24) is 0 Å².